The second kappa shape index (κ2) is 6.92. The van der Waals surface area contributed by atoms with E-state index >= 15 is 0 Å². The molecule has 2 unspecified atom stereocenters. The number of hydrogen-bond donors (Lipinski definition) is 1. The van der Waals surface area contributed by atoms with Gasteiger partial charge in [-0.3, -0.25) is 4.90 Å². The quantitative estimate of drug-likeness (QED) is 0.915. The van der Waals surface area contributed by atoms with Crippen molar-refractivity contribution in [1.29, 1.82) is 0 Å². The summed E-state index contributed by atoms with van der Waals surface area (Å²) in [5, 5.41) is 0. The number of halogens is 1. The highest BCUT2D eigenvalue weighted by atomic mass is 79.9. The van der Waals surface area contributed by atoms with Crippen LogP contribution in [-0.4, -0.2) is 43.2 Å². The van der Waals surface area contributed by atoms with Crippen LogP contribution in [0.4, 0.5) is 5.69 Å². The molecule has 1 heterocycles. The lowest BCUT2D eigenvalue weighted by Gasteiger charge is -2.40. The van der Waals surface area contributed by atoms with E-state index in [0.29, 0.717) is 6.04 Å². The molecule has 0 aromatic heterocycles. The lowest BCUT2D eigenvalue weighted by atomic mass is 10.1. The smallest absolute Gasteiger partial charge is 0.0378 e. The van der Waals surface area contributed by atoms with Crippen LogP contribution in [0.1, 0.15) is 26.3 Å². The molecule has 2 N–H and O–H groups in total. The van der Waals surface area contributed by atoms with Crippen LogP contribution in [0.5, 0.6) is 0 Å². The van der Waals surface area contributed by atoms with Crippen LogP contribution in [0.25, 0.3) is 0 Å². The van der Waals surface area contributed by atoms with Gasteiger partial charge in [0.05, 0.1) is 0 Å². The van der Waals surface area contributed by atoms with Gasteiger partial charge in [0, 0.05) is 41.9 Å². The van der Waals surface area contributed by atoms with E-state index in [1.54, 1.807) is 0 Å². The lowest BCUT2D eigenvalue weighted by molar-refractivity contribution is 0.199. The first kappa shape index (κ1) is 15.8. The van der Waals surface area contributed by atoms with Gasteiger partial charge in [0.1, 0.15) is 0 Å². The molecule has 2 atom stereocenters. The number of anilines is 1. The van der Waals surface area contributed by atoms with Gasteiger partial charge in [-0.1, -0.05) is 28.9 Å². The molecule has 1 aliphatic heterocycles. The van der Waals surface area contributed by atoms with Gasteiger partial charge in [-0.05, 0) is 44.5 Å². The van der Waals surface area contributed by atoms with Crippen LogP contribution in [0, 0.1) is 0 Å². The number of benzene rings is 1. The highest BCUT2D eigenvalue weighted by Crippen LogP contribution is 2.26. The first-order chi connectivity index (χ1) is 9.51. The Morgan fingerprint density at radius 1 is 1.40 bits per heavy atom. The number of nitrogens with zero attached hydrogens (tertiary/aromatic N) is 2. The van der Waals surface area contributed by atoms with E-state index in [1.165, 1.54) is 15.7 Å². The predicted octanol–water partition coefficient (Wildman–Crippen LogP) is 2.87. The first-order valence-corrected chi connectivity index (χ1v) is 8.33. The minimum absolute atomic E-state index is 0.199. The van der Waals surface area contributed by atoms with Gasteiger partial charge >= 0.3 is 0 Å². The predicted molar refractivity (Wildman–Crippen MR) is 90.4 cm³/mol. The summed E-state index contributed by atoms with van der Waals surface area (Å²) in [6, 6.07) is 7.50. The third-order valence-electron chi connectivity index (χ3n) is 4.11. The number of hydrogen-bond acceptors (Lipinski definition) is 3. The molecule has 20 heavy (non-hydrogen) atoms. The molecule has 1 saturated heterocycles. The molecule has 0 bridgehead atoms. The maximum atomic E-state index is 5.89. The summed E-state index contributed by atoms with van der Waals surface area (Å²) in [5.41, 5.74) is 8.49. The maximum Gasteiger partial charge on any atom is 0.0378 e. The van der Waals surface area contributed by atoms with E-state index in [0.717, 1.165) is 32.6 Å². The summed E-state index contributed by atoms with van der Waals surface area (Å²) < 4.78 is 1.18. The van der Waals surface area contributed by atoms with Crippen molar-refractivity contribution in [2.24, 2.45) is 5.73 Å². The number of rotatable bonds is 4. The molecule has 112 valence electrons. The molecule has 0 radical (unpaired) electrons. The van der Waals surface area contributed by atoms with Gasteiger partial charge in [0.15, 0.2) is 0 Å². The van der Waals surface area contributed by atoms with Crippen LogP contribution in [-0.2, 0) is 6.42 Å². The van der Waals surface area contributed by atoms with E-state index in [9.17, 15) is 0 Å². The number of nitrogens with two attached hydrogens (primary N) is 1. The van der Waals surface area contributed by atoms with E-state index < -0.39 is 0 Å². The Morgan fingerprint density at radius 3 is 2.70 bits per heavy atom. The van der Waals surface area contributed by atoms with Crippen molar-refractivity contribution in [1.82, 2.24) is 4.90 Å². The first-order valence-electron chi connectivity index (χ1n) is 7.54. The fourth-order valence-corrected chi connectivity index (χ4v) is 3.47. The van der Waals surface area contributed by atoms with E-state index in [1.807, 2.05) is 6.92 Å². The largest absolute Gasteiger partial charge is 0.369 e. The Kier molecular flexibility index (Phi) is 5.47. The van der Waals surface area contributed by atoms with Crippen LogP contribution in [0.15, 0.2) is 22.7 Å². The number of likely N-dealkylation sites (N-methyl/N-ethyl adjacent to an activating group) is 1. The summed E-state index contributed by atoms with van der Waals surface area (Å²) in [6.45, 7) is 11.1. The summed E-state index contributed by atoms with van der Waals surface area (Å²) in [5.74, 6) is 0. The molecule has 1 aliphatic rings. The molecular formula is C16H26BrN3. The summed E-state index contributed by atoms with van der Waals surface area (Å²) >= 11 is 3.69. The fourth-order valence-electron chi connectivity index (χ4n) is 2.94. The Balaban J connectivity index is 2.08. The minimum Gasteiger partial charge on any atom is -0.369 e. The van der Waals surface area contributed by atoms with Crippen molar-refractivity contribution in [2.45, 2.75) is 39.3 Å². The third kappa shape index (κ3) is 3.74. The van der Waals surface area contributed by atoms with Crippen molar-refractivity contribution < 1.29 is 0 Å². The Morgan fingerprint density at radius 2 is 2.15 bits per heavy atom. The normalized spacial score (nSPS) is 22.1. The lowest BCUT2D eigenvalue weighted by Crippen LogP contribution is -2.51. The van der Waals surface area contributed by atoms with Crippen LogP contribution < -0.4 is 10.6 Å². The highest BCUT2D eigenvalue weighted by Gasteiger charge is 2.22. The SMILES string of the molecule is CCN1CCN(c2ccc(CC(C)N)c(Br)c2)CC1C. The van der Waals surface area contributed by atoms with Crippen LogP contribution in [0.3, 0.4) is 0 Å². The fraction of sp³-hybridized carbons (Fsp3) is 0.625. The average Bonchev–Trinajstić information content (AvgIpc) is 2.40. The zero-order valence-electron chi connectivity index (χ0n) is 12.8. The molecule has 1 aromatic carbocycles. The molecule has 0 saturated carbocycles. The second-order valence-corrected chi connectivity index (χ2v) is 6.74. The Hall–Kier alpha value is -0.580. The summed E-state index contributed by atoms with van der Waals surface area (Å²) in [7, 11) is 0. The molecule has 4 heteroatoms. The van der Waals surface area contributed by atoms with Crippen LogP contribution in [0.2, 0.25) is 0 Å². The Labute approximate surface area is 131 Å². The van der Waals surface area contributed by atoms with Gasteiger partial charge < -0.3 is 10.6 Å². The van der Waals surface area contributed by atoms with Gasteiger partial charge in [-0.2, -0.15) is 0 Å². The van der Waals surface area contributed by atoms with Crippen LogP contribution >= 0.6 is 15.9 Å². The average molecular weight is 340 g/mol. The molecule has 0 spiro atoms. The zero-order chi connectivity index (χ0) is 14.7. The second-order valence-electron chi connectivity index (χ2n) is 5.88. The highest BCUT2D eigenvalue weighted by molar-refractivity contribution is 9.10. The van der Waals surface area contributed by atoms with Gasteiger partial charge in [0.25, 0.3) is 0 Å². The molecule has 0 amide bonds. The number of piperazine rings is 1. The van der Waals surface area contributed by atoms with E-state index in [-0.39, 0.29) is 6.04 Å². The van der Waals surface area contributed by atoms with Crippen molar-refractivity contribution in [3.8, 4) is 0 Å². The molecule has 3 nitrogen and oxygen atoms in total. The monoisotopic (exact) mass is 339 g/mol. The van der Waals surface area contributed by atoms with Crippen molar-refractivity contribution in [2.75, 3.05) is 31.1 Å². The third-order valence-corrected chi connectivity index (χ3v) is 4.85. The minimum atomic E-state index is 0.199. The molecular weight excluding hydrogens is 314 g/mol. The van der Waals surface area contributed by atoms with Gasteiger partial charge in [-0.25, -0.2) is 0 Å². The molecule has 2 rings (SSSR count). The van der Waals surface area contributed by atoms with E-state index in [2.05, 4.69) is 57.8 Å². The Bertz CT molecular complexity index is 447. The molecule has 1 aromatic rings. The van der Waals surface area contributed by atoms with Crippen molar-refractivity contribution in [3.63, 3.8) is 0 Å². The van der Waals surface area contributed by atoms with Crippen molar-refractivity contribution >= 4 is 21.6 Å². The zero-order valence-corrected chi connectivity index (χ0v) is 14.4. The topological polar surface area (TPSA) is 32.5 Å². The summed E-state index contributed by atoms with van der Waals surface area (Å²) in [4.78, 5) is 5.02. The van der Waals surface area contributed by atoms with Crippen molar-refractivity contribution in [3.05, 3.63) is 28.2 Å². The standard InChI is InChI=1S/C16H26BrN3/c1-4-19-7-8-20(11-13(19)3)15-6-5-14(9-12(2)18)16(17)10-15/h5-6,10,12-13H,4,7-9,11,18H2,1-3H3. The van der Waals surface area contributed by atoms with Gasteiger partial charge in [0.2, 0.25) is 0 Å². The van der Waals surface area contributed by atoms with Gasteiger partial charge in [-0.15, -0.1) is 0 Å². The summed E-state index contributed by atoms with van der Waals surface area (Å²) in [6.07, 6.45) is 0.918. The molecule has 1 fully saturated rings. The van der Waals surface area contributed by atoms with E-state index in [4.69, 9.17) is 5.73 Å². The molecule has 0 aliphatic carbocycles. The maximum absolute atomic E-state index is 5.89.